The molecule has 0 atom stereocenters. The molecule has 0 N–H and O–H groups in total. The van der Waals surface area contributed by atoms with Crippen molar-refractivity contribution in [1.82, 2.24) is 0 Å². The number of ether oxygens (including phenoxy) is 3. The quantitative estimate of drug-likeness (QED) is 0.308. The lowest BCUT2D eigenvalue weighted by atomic mass is 10.1. The molecule has 0 saturated heterocycles. The van der Waals surface area contributed by atoms with Crippen molar-refractivity contribution in [3.8, 4) is 11.5 Å². The molecule has 4 rings (SSSR count). The Hall–Kier alpha value is -3.97. The molecule has 3 aromatic carbocycles. The highest BCUT2D eigenvalue weighted by molar-refractivity contribution is 6.30. The summed E-state index contributed by atoms with van der Waals surface area (Å²) in [5.41, 5.74) is 1.28. The van der Waals surface area contributed by atoms with Gasteiger partial charge in [0.2, 0.25) is 5.90 Å². The summed E-state index contributed by atoms with van der Waals surface area (Å²) in [6.07, 6.45) is 1.49. The molecule has 0 saturated carbocycles. The predicted octanol–water partition coefficient (Wildman–Crippen LogP) is 5.05. The van der Waals surface area contributed by atoms with Crippen molar-refractivity contribution in [3.63, 3.8) is 0 Å². The molecule has 160 valence electrons. The predicted molar refractivity (Wildman–Crippen MR) is 116 cm³/mol. The van der Waals surface area contributed by atoms with Crippen LogP contribution in [-0.4, -0.2) is 24.9 Å². The van der Waals surface area contributed by atoms with Gasteiger partial charge in [0.25, 0.3) is 0 Å². The lowest BCUT2D eigenvalue weighted by molar-refractivity contribution is -0.129. The van der Waals surface area contributed by atoms with E-state index >= 15 is 0 Å². The van der Waals surface area contributed by atoms with Crippen molar-refractivity contribution in [2.75, 3.05) is 7.11 Å². The third kappa shape index (κ3) is 4.68. The minimum Gasteiger partial charge on any atom is -0.493 e. The minimum absolute atomic E-state index is 0.0150. The van der Waals surface area contributed by atoms with Crippen LogP contribution in [0.25, 0.3) is 6.08 Å². The van der Waals surface area contributed by atoms with Gasteiger partial charge in [-0.2, -0.15) is 0 Å². The van der Waals surface area contributed by atoms with Gasteiger partial charge in [0, 0.05) is 10.6 Å². The largest absolute Gasteiger partial charge is 0.493 e. The van der Waals surface area contributed by atoms with E-state index in [-0.39, 0.29) is 23.1 Å². The second-order valence-electron chi connectivity index (χ2n) is 6.65. The molecule has 0 aliphatic carbocycles. The molecule has 1 aliphatic heterocycles. The number of benzene rings is 3. The monoisotopic (exact) mass is 451 g/mol. The summed E-state index contributed by atoms with van der Waals surface area (Å²) in [5.74, 6) is -1.21. The zero-order chi connectivity index (χ0) is 22.7. The smallest absolute Gasteiger partial charge is 0.363 e. The number of carbonyl (C=O) groups excluding carboxylic acids is 2. The number of halogens is 2. The average Bonchev–Trinajstić information content (AvgIpc) is 3.15. The maximum Gasteiger partial charge on any atom is 0.363 e. The van der Waals surface area contributed by atoms with Gasteiger partial charge in [-0.05, 0) is 66.2 Å². The van der Waals surface area contributed by atoms with Crippen molar-refractivity contribution in [1.29, 1.82) is 0 Å². The minimum atomic E-state index is -0.665. The fraction of sp³-hybridized carbons (Fsp3) is 0.0417. The van der Waals surface area contributed by atoms with Crippen molar-refractivity contribution in [3.05, 3.63) is 100.0 Å². The van der Waals surface area contributed by atoms with Crippen LogP contribution in [-0.2, 0) is 9.53 Å². The Morgan fingerprint density at radius 1 is 1.06 bits per heavy atom. The van der Waals surface area contributed by atoms with Gasteiger partial charge in [0.15, 0.2) is 17.2 Å². The molecule has 0 aromatic heterocycles. The SMILES string of the molecule is COc1cc(/C=C2\N=C(c3cccc(F)c3)OC2=O)ccc1OC(=O)c1ccc(Cl)cc1. The van der Waals surface area contributed by atoms with Crippen LogP contribution in [0.1, 0.15) is 21.5 Å². The molecule has 0 amide bonds. The average molecular weight is 452 g/mol. The second-order valence-corrected chi connectivity index (χ2v) is 7.09. The summed E-state index contributed by atoms with van der Waals surface area (Å²) in [4.78, 5) is 28.7. The fourth-order valence-electron chi connectivity index (χ4n) is 2.92. The van der Waals surface area contributed by atoms with Gasteiger partial charge in [-0.15, -0.1) is 0 Å². The number of esters is 2. The summed E-state index contributed by atoms with van der Waals surface area (Å²) >= 11 is 5.84. The van der Waals surface area contributed by atoms with Crippen LogP contribution < -0.4 is 9.47 Å². The number of aliphatic imine (C=N–C) groups is 1. The van der Waals surface area contributed by atoms with Crippen LogP contribution in [0.5, 0.6) is 11.5 Å². The van der Waals surface area contributed by atoms with E-state index in [2.05, 4.69) is 4.99 Å². The Labute approximate surface area is 187 Å². The molecular weight excluding hydrogens is 437 g/mol. The molecule has 0 bridgehead atoms. The Morgan fingerprint density at radius 3 is 2.56 bits per heavy atom. The van der Waals surface area contributed by atoms with Crippen molar-refractivity contribution >= 4 is 35.5 Å². The molecule has 1 heterocycles. The lowest BCUT2D eigenvalue weighted by Crippen LogP contribution is -2.09. The first-order valence-electron chi connectivity index (χ1n) is 9.37. The number of hydrogen-bond donors (Lipinski definition) is 0. The maximum atomic E-state index is 13.4. The van der Waals surface area contributed by atoms with E-state index in [1.54, 1.807) is 42.5 Å². The van der Waals surface area contributed by atoms with E-state index in [0.29, 0.717) is 21.7 Å². The molecule has 32 heavy (non-hydrogen) atoms. The number of carbonyl (C=O) groups is 2. The zero-order valence-corrected chi connectivity index (χ0v) is 17.4. The Morgan fingerprint density at radius 2 is 1.84 bits per heavy atom. The van der Waals surface area contributed by atoms with Gasteiger partial charge in [-0.1, -0.05) is 23.7 Å². The number of hydrogen-bond acceptors (Lipinski definition) is 6. The number of rotatable bonds is 5. The number of cyclic esters (lactones) is 1. The molecule has 0 fully saturated rings. The van der Waals surface area contributed by atoms with Crippen LogP contribution in [0, 0.1) is 5.82 Å². The summed E-state index contributed by atoms with van der Waals surface area (Å²) < 4.78 is 29.3. The van der Waals surface area contributed by atoms with Gasteiger partial charge >= 0.3 is 11.9 Å². The standard InChI is InChI=1S/C24H15ClFNO5/c1-30-21-12-14(5-10-20(21)31-23(28)15-6-8-17(25)9-7-15)11-19-24(29)32-22(27-19)16-3-2-4-18(26)13-16/h2-13H,1H3/b19-11-. The fourth-order valence-corrected chi connectivity index (χ4v) is 3.04. The Kier molecular flexibility index (Phi) is 6.00. The normalized spacial score (nSPS) is 14.2. The third-order valence-corrected chi connectivity index (χ3v) is 4.72. The molecular formula is C24H15ClFNO5. The molecule has 1 aliphatic rings. The third-order valence-electron chi connectivity index (χ3n) is 4.47. The first kappa shape index (κ1) is 21.3. The van der Waals surface area contributed by atoms with Gasteiger partial charge in [0.1, 0.15) is 5.82 Å². The molecule has 3 aromatic rings. The topological polar surface area (TPSA) is 74.2 Å². The van der Waals surface area contributed by atoms with Crippen LogP contribution in [0.15, 0.2) is 77.4 Å². The number of methoxy groups -OCH3 is 1. The molecule has 8 heteroatoms. The Balaban J connectivity index is 1.57. The van der Waals surface area contributed by atoms with Crippen molar-refractivity contribution < 1.29 is 28.2 Å². The van der Waals surface area contributed by atoms with E-state index in [0.717, 1.165) is 0 Å². The van der Waals surface area contributed by atoms with Crippen LogP contribution in [0.2, 0.25) is 5.02 Å². The Bertz CT molecular complexity index is 1270. The first-order chi connectivity index (χ1) is 15.4. The molecule has 0 unspecified atom stereocenters. The van der Waals surface area contributed by atoms with Gasteiger partial charge < -0.3 is 14.2 Å². The summed E-state index contributed by atoms with van der Waals surface area (Å²) in [6, 6.07) is 16.6. The van der Waals surface area contributed by atoms with Crippen LogP contribution >= 0.6 is 11.6 Å². The van der Waals surface area contributed by atoms with Crippen molar-refractivity contribution in [2.45, 2.75) is 0 Å². The van der Waals surface area contributed by atoms with Gasteiger partial charge in [-0.3, -0.25) is 0 Å². The summed E-state index contributed by atoms with van der Waals surface area (Å²) in [5, 5.41) is 0.505. The molecule has 0 spiro atoms. The maximum absolute atomic E-state index is 13.4. The first-order valence-corrected chi connectivity index (χ1v) is 9.75. The highest BCUT2D eigenvalue weighted by Gasteiger charge is 2.24. The van der Waals surface area contributed by atoms with Gasteiger partial charge in [-0.25, -0.2) is 19.0 Å². The molecule has 6 nitrogen and oxygen atoms in total. The summed E-state index contributed by atoms with van der Waals surface area (Å²) in [6.45, 7) is 0. The number of nitrogens with zero attached hydrogens (tertiary/aromatic N) is 1. The highest BCUT2D eigenvalue weighted by Crippen LogP contribution is 2.30. The van der Waals surface area contributed by atoms with E-state index in [1.165, 1.54) is 37.5 Å². The van der Waals surface area contributed by atoms with E-state index in [4.69, 9.17) is 25.8 Å². The second kappa shape index (κ2) is 9.03. The van der Waals surface area contributed by atoms with Crippen LogP contribution in [0.3, 0.4) is 0 Å². The van der Waals surface area contributed by atoms with E-state index in [1.807, 2.05) is 0 Å². The zero-order valence-electron chi connectivity index (χ0n) is 16.7. The summed E-state index contributed by atoms with van der Waals surface area (Å²) in [7, 11) is 1.43. The van der Waals surface area contributed by atoms with Gasteiger partial charge in [0.05, 0.1) is 12.7 Å². The van der Waals surface area contributed by atoms with E-state index in [9.17, 15) is 14.0 Å². The van der Waals surface area contributed by atoms with E-state index < -0.39 is 17.8 Å². The highest BCUT2D eigenvalue weighted by atomic mass is 35.5. The lowest BCUT2D eigenvalue weighted by Gasteiger charge is -2.10. The van der Waals surface area contributed by atoms with Crippen LogP contribution in [0.4, 0.5) is 4.39 Å². The van der Waals surface area contributed by atoms with Crippen molar-refractivity contribution in [2.24, 2.45) is 4.99 Å². The molecule has 0 radical (unpaired) electrons.